The molecule has 20 heavy (non-hydrogen) atoms. The van der Waals surface area contributed by atoms with Crippen LogP contribution in [0.3, 0.4) is 0 Å². The Balaban J connectivity index is 2.18. The lowest BCUT2D eigenvalue weighted by Gasteiger charge is -2.21. The van der Waals surface area contributed by atoms with E-state index in [4.69, 9.17) is 4.74 Å². The fourth-order valence-electron chi connectivity index (χ4n) is 2.16. The van der Waals surface area contributed by atoms with Crippen LogP contribution in [0.2, 0.25) is 0 Å². The van der Waals surface area contributed by atoms with Crippen molar-refractivity contribution in [1.29, 1.82) is 0 Å². The Morgan fingerprint density at radius 2 is 2.25 bits per heavy atom. The third kappa shape index (κ3) is 3.28. The summed E-state index contributed by atoms with van der Waals surface area (Å²) in [6.07, 6.45) is 2.58. The summed E-state index contributed by atoms with van der Waals surface area (Å²) in [6.45, 7) is 2.29. The first-order valence-electron chi connectivity index (χ1n) is 6.39. The van der Waals surface area contributed by atoms with E-state index in [1.54, 1.807) is 25.1 Å². The van der Waals surface area contributed by atoms with Gasteiger partial charge in [-0.05, 0) is 36.9 Å². The maximum absolute atomic E-state index is 12.3. The van der Waals surface area contributed by atoms with Gasteiger partial charge in [-0.15, -0.1) is 0 Å². The van der Waals surface area contributed by atoms with E-state index in [2.05, 4.69) is 4.72 Å². The predicted octanol–water partition coefficient (Wildman–Crippen LogP) is 1.01. The van der Waals surface area contributed by atoms with Crippen LogP contribution in [0.5, 0.6) is 5.75 Å². The molecule has 2 N–H and O–H groups in total. The van der Waals surface area contributed by atoms with E-state index in [-0.39, 0.29) is 22.8 Å². The summed E-state index contributed by atoms with van der Waals surface area (Å²) < 4.78 is 32.7. The summed E-state index contributed by atoms with van der Waals surface area (Å²) in [4.78, 5) is 0.242. The average molecular weight is 317 g/mol. The number of aliphatic hydroxyl groups excluding tert-OH is 1. The number of hydrogen-bond donors (Lipinski definition) is 2. The smallest absolute Gasteiger partial charge is 0.240 e. The molecule has 0 saturated heterocycles. The molecule has 5 nitrogen and oxygen atoms in total. The predicted molar refractivity (Wildman–Crippen MR) is 79.8 cm³/mol. The first-order chi connectivity index (χ1) is 9.47. The van der Waals surface area contributed by atoms with Gasteiger partial charge in [0.2, 0.25) is 10.0 Å². The second-order valence-corrected chi connectivity index (χ2v) is 7.53. The van der Waals surface area contributed by atoms with Crippen LogP contribution in [0.4, 0.5) is 0 Å². The first kappa shape index (κ1) is 15.6. The van der Waals surface area contributed by atoms with Crippen molar-refractivity contribution < 1.29 is 18.3 Å². The molecule has 0 aromatic heterocycles. The number of nitrogens with one attached hydrogen (secondary N) is 1. The van der Waals surface area contributed by atoms with Gasteiger partial charge >= 0.3 is 0 Å². The van der Waals surface area contributed by atoms with Gasteiger partial charge in [0.1, 0.15) is 5.75 Å². The van der Waals surface area contributed by atoms with Gasteiger partial charge in [-0.1, -0.05) is 0 Å². The van der Waals surface area contributed by atoms with Crippen molar-refractivity contribution in [2.75, 3.05) is 19.5 Å². The van der Waals surface area contributed by atoms with E-state index < -0.39 is 10.0 Å². The van der Waals surface area contributed by atoms with Gasteiger partial charge in [0.05, 0.1) is 18.1 Å². The highest BCUT2D eigenvalue weighted by molar-refractivity contribution is 7.99. The Kier molecular flexibility index (Phi) is 4.95. The van der Waals surface area contributed by atoms with E-state index >= 15 is 0 Å². The fraction of sp³-hybridized carbons (Fsp3) is 0.538. The largest absolute Gasteiger partial charge is 0.493 e. The summed E-state index contributed by atoms with van der Waals surface area (Å²) in [5.74, 6) is 0.759. The molecule has 1 aliphatic rings. The lowest BCUT2D eigenvalue weighted by Crippen LogP contribution is -2.41. The molecule has 2 atom stereocenters. The molecule has 7 heteroatoms. The Hall–Kier alpha value is -0.760. The van der Waals surface area contributed by atoms with Crippen molar-refractivity contribution in [2.24, 2.45) is 0 Å². The Bertz CT molecular complexity index is 570. The highest BCUT2D eigenvalue weighted by Crippen LogP contribution is 2.27. The number of fused-ring (bicyclic) bond motifs is 1. The molecule has 2 rings (SSSR count). The molecule has 112 valence electrons. The SMILES string of the molecule is CSC(CO)C(C)NS(=O)(=O)c1ccc2c(c1)CCO2. The van der Waals surface area contributed by atoms with Gasteiger partial charge in [0.25, 0.3) is 0 Å². The van der Waals surface area contributed by atoms with Gasteiger partial charge in [0.15, 0.2) is 0 Å². The molecular formula is C13H19NO4S2. The molecule has 0 bridgehead atoms. The monoisotopic (exact) mass is 317 g/mol. The standard InChI is InChI=1S/C13H19NO4S2/c1-9(13(8-15)19-2)14-20(16,17)11-3-4-12-10(7-11)5-6-18-12/h3-4,7,9,13-15H,5-6,8H2,1-2H3. The molecule has 0 fully saturated rings. The zero-order chi connectivity index (χ0) is 14.8. The van der Waals surface area contributed by atoms with Gasteiger partial charge in [0, 0.05) is 17.7 Å². The molecule has 0 spiro atoms. The highest BCUT2D eigenvalue weighted by atomic mass is 32.2. The minimum Gasteiger partial charge on any atom is -0.493 e. The zero-order valence-corrected chi connectivity index (χ0v) is 13.1. The van der Waals surface area contributed by atoms with Gasteiger partial charge in [-0.3, -0.25) is 0 Å². The number of sulfonamides is 1. The Labute approximate surface area is 123 Å². The lowest BCUT2D eigenvalue weighted by molar-refractivity contribution is 0.282. The topological polar surface area (TPSA) is 75.6 Å². The molecule has 0 radical (unpaired) electrons. The molecule has 1 aliphatic heterocycles. The average Bonchev–Trinajstić information content (AvgIpc) is 2.86. The highest BCUT2D eigenvalue weighted by Gasteiger charge is 2.24. The molecule has 0 aliphatic carbocycles. The van der Waals surface area contributed by atoms with Crippen molar-refractivity contribution in [3.05, 3.63) is 23.8 Å². The van der Waals surface area contributed by atoms with Crippen LogP contribution >= 0.6 is 11.8 Å². The van der Waals surface area contributed by atoms with Crippen molar-refractivity contribution >= 4 is 21.8 Å². The minimum atomic E-state index is -3.58. The van der Waals surface area contributed by atoms with Crippen LogP contribution in [-0.2, 0) is 16.4 Å². The molecular weight excluding hydrogens is 298 g/mol. The summed E-state index contributed by atoms with van der Waals surface area (Å²) in [5.41, 5.74) is 0.920. The second-order valence-electron chi connectivity index (χ2n) is 4.73. The Morgan fingerprint density at radius 1 is 1.50 bits per heavy atom. The van der Waals surface area contributed by atoms with Crippen LogP contribution in [0.1, 0.15) is 12.5 Å². The van der Waals surface area contributed by atoms with E-state index in [0.717, 1.165) is 17.7 Å². The van der Waals surface area contributed by atoms with Crippen LogP contribution < -0.4 is 9.46 Å². The van der Waals surface area contributed by atoms with Crippen LogP contribution in [0, 0.1) is 0 Å². The summed E-state index contributed by atoms with van der Waals surface area (Å²) in [6, 6.07) is 4.56. The second kappa shape index (κ2) is 6.34. The zero-order valence-electron chi connectivity index (χ0n) is 11.5. The third-order valence-corrected chi connectivity index (χ3v) is 6.07. The van der Waals surface area contributed by atoms with E-state index in [0.29, 0.717) is 6.61 Å². The van der Waals surface area contributed by atoms with Gasteiger partial charge < -0.3 is 9.84 Å². The normalized spacial score (nSPS) is 17.4. The summed E-state index contributed by atoms with van der Waals surface area (Å²) in [5, 5.41) is 9.05. The van der Waals surface area contributed by atoms with E-state index in [1.807, 2.05) is 6.26 Å². The Morgan fingerprint density at radius 3 is 2.90 bits per heavy atom. The fourth-order valence-corrected chi connectivity index (χ4v) is 4.20. The van der Waals surface area contributed by atoms with Crippen LogP contribution in [0.25, 0.3) is 0 Å². The lowest BCUT2D eigenvalue weighted by atomic mass is 10.2. The van der Waals surface area contributed by atoms with Crippen molar-refractivity contribution in [1.82, 2.24) is 4.72 Å². The molecule has 1 heterocycles. The third-order valence-electron chi connectivity index (χ3n) is 3.35. The number of ether oxygens (including phenoxy) is 1. The number of thioether (sulfide) groups is 1. The van der Waals surface area contributed by atoms with Gasteiger partial charge in [-0.2, -0.15) is 11.8 Å². The van der Waals surface area contributed by atoms with Crippen LogP contribution in [0.15, 0.2) is 23.1 Å². The molecule has 2 unspecified atom stereocenters. The van der Waals surface area contributed by atoms with Crippen LogP contribution in [-0.4, -0.2) is 44.3 Å². The molecule has 1 aromatic carbocycles. The minimum absolute atomic E-state index is 0.0666. The number of aliphatic hydroxyl groups is 1. The van der Waals surface area contributed by atoms with Crippen molar-refractivity contribution in [3.8, 4) is 5.75 Å². The molecule has 0 amide bonds. The summed E-state index contributed by atoms with van der Waals surface area (Å²) in [7, 11) is -3.58. The maximum Gasteiger partial charge on any atom is 0.240 e. The molecule has 1 aromatic rings. The number of hydrogen-bond acceptors (Lipinski definition) is 5. The number of benzene rings is 1. The first-order valence-corrected chi connectivity index (χ1v) is 9.16. The van der Waals surface area contributed by atoms with E-state index in [9.17, 15) is 13.5 Å². The maximum atomic E-state index is 12.3. The van der Waals surface area contributed by atoms with Crippen molar-refractivity contribution in [2.45, 2.75) is 29.5 Å². The molecule has 0 saturated carbocycles. The van der Waals surface area contributed by atoms with E-state index in [1.165, 1.54) is 11.8 Å². The van der Waals surface area contributed by atoms with Crippen molar-refractivity contribution in [3.63, 3.8) is 0 Å². The quantitative estimate of drug-likeness (QED) is 0.819. The number of rotatable bonds is 6. The van der Waals surface area contributed by atoms with Gasteiger partial charge in [-0.25, -0.2) is 13.1 Å². The summed E-state index contributed by atoms with van der Waals surface area (Å²) >= 11 is 1.44.